The van der Waals surface area contributed by atoms with Crippen LogP contribution in [-0.2, 0) is 0 Å². The Morgan fingerprint density at radius 2 is 2.05 bits per heavy atom. The highest BCUT2D eigenvalue weighted by molar-refractivity contribution is 6.36. The van der Waals surface area contributed by atoms with Gasteiger partial charge in [0, 0.05) is 15.2 Å². The smallest absolute Gasteiger partial charge is 0.270 e. The Balaban J connectivity index is 1.98. The third kappa shape index (κ3) is 2.44. The zero-order chi connectivity index (χ0) is 15.0. The van der Waals surface area contributed by atoms with Gasteiger partial charge >= 0.3 is 0 Å². The molecule has 0 aliphatic carbocycles. The summed E-state index contributed by atoms with van der Waals surface area (Å²) < 4.78 is 0. The summed E-state index contributed by atoms with van der Waals surface area (Å²) in [4.78, 5) is 12.8. The average Bonchev–Trinajstić information content (AvgIpc) is 2.81. The molecule has 0 radical (unpaired) electrons. The Bertz CT molecular complexity index is 740. The first kappa shape index (κ1) is 13.8. The van der Waals surface area contributed by atoms with Gasteiger partial charge in [-0.2, -0.15) is 0 Å². The molecule has 0 saturated carbocycles. The zero-order valence-electron chi connectivity index (χ0n) is 10.5. The van der Waals surface area contributed by atoms with Crippen molar-refractivity contribution in [3.63, 3.8) is 0 Å². The van der Waals surface area contributed by atoms with Crippen LogP contribution in [0.15, 0.2) is 59.1 Å². The molecule has 2 aliphatic rings. The van der Waals surface area contributed by atoms with Gasteiger partial charge in [-0.15, -0.1) is 0 Å². The number of halogens is 2. The van der Waals surface area contributed by atoms with E-state index in [1.807, 2.05) is 0 Å². The van der Waals surface area contributed by atoms with Crippen molar-refractivity contribution in [2.75, 3.05) is 5.12 Å². The number of nitroso groups, excluding NO2 is 1. The Hall–Kier alpha value is -2.15. The number of hydrazine groups is 1. The highest BCUT2D eigenvalue weighted by Crippen LogP contribution is 2.32. The molecule has 8 heteroatoms. The summed E-state index contributed by atoms with van der Waals surface area (Å²) in [7, 11) is 0. The summed E-state index contributed by atoms with van der Waals surface area (Å²) in [5.74, 6) is 0. The third-order valence-corrected chi connectivity index (χ3v) is 3.42. The van der Waals surface area contributed by atoms with Gasteiger partial charge in [0.2, 0.25) is 6.21 Å². The molecule has 0 amide bonds. The maximum atomic E-state index is 12.3. The Labute approximate surface area is 130 Å². The summed E-state index contributed by atoms with van der Waals surface area (Å²) in [5, 5.41) is 18.1. The monoisotopic (exact) mass is 322 g/mol. The lowest BCUT2D eigenvalue weighted by molar-refractivity contribution is -0.499. The largest absolute Gasteiger partial charge is 0.754 e. The fraction of sp³-hybridized carbons (Fsp3) is 0. The van der Waals surface area contributed by atoms with E-state index < -0.39 is 0 Å². The lowest BCUT2D eigenvalue weighted by Gasteiger charge is -2.28. The molecule has 0 fully saturated rings. The van der Waals surface area contributed by atoms with Crippen molar-refractivity contribution < 1.29 is 4.87 Å². The van der Waals surface area contributed by atoms with Crippen LogP contribution in [0.2, 0.25) is 10.0 Å². The van der Waals surface area contributed by atoms with Crippen LogP contribution >= 0.6 is 23.2 Å². The van der Waals surface area contributed by atoms with E-state index in [-0.39, 0.29) is 16.4 Å². The minimum Gasteiger partial charge on any atom is -0.754 e. The second kappa shape index (κ2) is 5.33. The normalized spacial score (nSPS) is 20.8. The fourth-order valence-electron chi connectivity index (χ4n) is 1.90. The zero-order valence-corrected chi connectivity index (χ0v) is 12.0. The maximum Gasteiger partial charge on any atom is 0.270 e. The van der Waals surface area contributed by atoms with Gasteiger partial charge in [0.15, 0.2) is 5.69 Å². The predicted octanol–water partition coefficient (Wildman–Crippen LogP) is 3.59. The highest BCUT2D eigenvalue weighted by Gasteiger charge is 2.36. The van der Waals surface area contributed by atoms with E-state index in [0.717, 1.165) is 5.12 Å². The van der Waals surface area contributed by atoms with Gasteiger partial charge < -0.3 is 10.3 Å². The average molecular weight is 323 g/mol. The summed E-state index contributed by atoms with van der Waals surface area (Å²) in [6.45, 7) is 0. The van der Waals surface area contributed by atoms with Crippen LogP contribution in [0.4, 0.5) is 5.69 Å². The van der Waals surface area contributed by atoms with Crippen LogP contribution in [0.25, 0.3) is 0 Å². The molecular weight excluding hydrogens is 315 g/mol. The lowest BCUT2D eigenvalue weighted by atomic mass is 10.2. The second-order valence-corrected chi connectivity index (χ2v) is 5.04. The van der Waals surface area contributed by atoms with E-state index in [1.54, 1.807) is 24.3 Å². The number of benzene rings is 1. The van der Waals surface area contributed by atoms with E-state index >= 15 is 0 Å². The number of rotatable bonds is 1. The topological polar surface area (TPSA) is 62.0 Å². The molecule has 0 saturated heterocycles. The standard InChI is InChI=1S/C13H8Cl2N4O2/c14-9-4-5-11(10(15)7-9)18-16-8-13(19(18)21)12-3-1-2-6-17(12)20/h1-8H. The molecule has 21 heavy (non-hydrogen) atoms. The van der Waals surface area contributed by atoms with Crippen LogP contribution in [0.3, 0.4) is 0 Å². The van der Waals surface area contributed by atoms with Gasteiger partial charge in [-0.1, -0.05) is 29.3 Å². The van der Waals surface area contributed by atoms with Crippen LogP contribution in [0, 0.1) is 10.1 Å². The van der Waals surface area contributed by atoms with E-state index in [2.05, 4.69) is 5.10 Å². The van der Waals surface area contributed by atoms with E-state index in [4.69, 9.17) is 23.2 Å². The third-order valence-electron chi connectivity index (χ3n) is 2.88. The molecule has 6 nitrogen and oxygen atoms in total. The number of allylic oxidation sites excluding steroid dienone is 4. The van der Waals surface area contributed by atoms with Gasteiger partial charge in [0.25, 0.3) is 5.70 Å². The molecule has 0 aromatic heterocycles. The molecule has 3 rings (SSSR count). The molecule has 0 spiro atoms. The molecule has 1 aromatic rings. The minimum absolute atomic E-state index is 0.122. The number of hydrogen-bond acceptors (Lipinski definition) is 4. The number of nitrogens with zero attached hydrogens (tertiary/aromatic N) is 4. The predicted molar refractivity (Wildman–Crippen MR) is 81.6 cm³/mol. The van der Waals surface area contributed by atoms with Crippen molar-refractivity contribution >= 4 is 35.1 Å². The first-order chi connectivity index (χ1) is 10.1. The summed E-state index contributed by atoms with van der Waals surface area (Å²) >= 11 is 11.9. The van der Waals surface area contributed by atoms with Crippen LogP contribution in [0.1, 0.15) is 0 Å². The molecule has 2 aliphatic heterocycles. The van der Waals surface area contributed by atoms with E-state index in [9.17, 15) is 10.1 Å². The van der Waals surface area contributed by atoms with E-state index in [1.165, 1.54) is 24.6 Å². The van der Waals surface area contributed by atoms with Gasteiger partial charge in [-0.25, -0.2) is 0 Å². The van der Waals surface area contributed by atoms with Gasteiger partial charge in [-0.3, -0.25) is 0 Å². The molecule has 1 aromatic carbocycles. The molecule has 0 unspecified atom stereocenters. The number of hydrazone groups is 1. The second-order valence-electron chi connectivity index (χ2n) is 4.20. The van der Waals surface area contributed by atoms with Crippen molar-refractivity contribution in [2.24, 2.45) is 5.10 Å². The quantitative estimate of drug-likeness (QED) is 0.741. The molecule has 0 N–H and O–H groups in total. The van der Waals surface area contributed by atoms with E-state index in [0.29, 0.717) is 20.6 Å². The minimum atomic E-state index is 0.122. The van der Waals surface area contributed by atoms with Crippen molar-refractivity contribution in [2.45, 2.75) is 0 Å². The molecule has 106 valence electrons. The van der Waals surface area contributed by atoms with Crippen LogP contribution in [-0.4, -0.2) is 16.1 Å². The summed E-state index contributed by atoms with van der Waals surface area (Å²) in [5.41, 5.74) is 0.691. The maximum absolute atomic E-state index is 12.3. The van der Waals surface area contributed by atoms with Crippen molar-refractivity contribution in [1.29, 1.82) is 0 Å². The Morgan fingerprint density at radius 3 is 2.76 bits per heavy atom. The number of hydroxylamine groups is 2. The SMILES string of the molecule is O=[N+]1C(=C2C=CC=CN2[O-])C=NN1c1ccc(Cl)cc1Cl. The molecule has 0 bridgehead atoms. The Kier molecular flexibility index (Phi) is 3.50. The van der Waals surface area contributed by atoms with Gasteiger partial charge in [-0.05, 0) is 41.5 Å². The molecule has 2 heterocycles. The van der Waals surface area contributed by atoms with Crippen molar-refractivity contribution in [1.82, 2.24) is 5.06 Å². The van der Waals surface area contributed by atoms with Crippen molar-refractivity contribution in [3.05, 3.63) is 74.2 Å². The first-order valence-electron chi connectivity index (χ1n) is 5.90. The van der Waals surface area contributed by atoms with Crippen LogP contribution < -0.4 is 5.12 Å². The summed E-state index contributed by atoms with van der Waals surface area (Å²) in [6.07, 6.45) is 7.39. The fourth-order valence-corrected chi connectivity index (χ4v) is 2.39. The lowest BCUT2D eigenvalue weighted by Crippen LogP contribution is -2.25. The first-order valence-corrected chi connectivity index (χ1v) is 6.65. The van der Waals surface area contributed by atoms with Gasteiger partial charge in [0.1, 0.15) is 0 Å². The van der Waals surface area contributed by atoms with Gasteiger partial charge in [0.05, 0.1) is 15.6 Å². The summed E-state index contributed by atoms with van der Waals surface area (Å²) in [6, 6.07) is 4.68. The highest BCUT2D eigenvalue weighted by atomic mass is 35.5. The Morgan fingerprint density at radius 1 is 1.24 bits per heavy atom. The van der Waals surface area contributed by atoms with Crippen molar-refractivity contribution in [3.8, 4) is 0 Å². The van der Waals surface area contributed by atoms with Crippen LogP contribution in [0.5, 0.6) is 0 Å². The number of anilines is 1. The molecule has 0 atom stereocenters. The number of hydrogen-bond donors (Lipinski definition) is 0. The molecular formula is C13H8Cl2N4O2.